The van der Waals surface area contributed by atoms with Gasteiger partial charge in [0.1, 0.15) is 6.33 Å². The summed E-state index contributed by atoms with van der Waals surface area (Å²) >= 11 is 1.24. The molecule has 0 unspecified atom stereocenters. The average Bonchev–Trinajstić information content (AvgIpc) is 2.63. The zero-order chi connectivity index (χ0) is 10.4. The lowest BCUT2D eigenvalue weighted by Gasteiger charge is -2.07. The lowest BCUT2D eigenvalue weighted by molar-refractivity contribution is -0.119. The molecule has 0 aliphatic rings. The van der Waals surface area contributed by atoms with E-state index in [0.717, 1.165) is 0 Å². The number of aromatic nitrogens is 2. The first-order valence-corrected chi connectivity index (χ1v) is 5.23. The topological polar surface area (TPSA) is 66.9 Å². The summed E-state index contributed by atoms with van der Waals surface area (Å²) in [5, 5.41) is 6.35. The van der Waals surface area contributed by atoms with E-state index in [2.05, 4.69) is 33.8 Å². The van der Waals surface area contributed by atoms with E-state index < -0.39 is 0 Å². The molecule has 0 atom stereocenters. The van der Waals surface area contributed by atoms with Crippen molar-refractivity contribution >= 4 is 22.6 Å². The molecule has 0 saturated carbocycles. The molecular weight excluding hydrogens is 200 g/mol. The van der Waals surface area contributed by atoms with Gasteiger partial charge in [0.05, 0.1) is 6.54 Å². The van der Waals surface area contributed by atoms with Gasteiger partial charge in [-0.1, -0.05) is 13.8 Å². The summed E-state index contributed by atoms with van der Waals surface area (Å²) in [6, 6.07) is 0. The van der Waals surface area contributed by atoms with Gasteiger partial charge in [0.25, 0.3) is 0 Å². The van der Waals surface area contributed by atoms with Crippen LogP contribution in [0.1, 0.15) is 13.8 Å². The van der Waals surface area contributed by atoms with Gasteiger partial charge in [-0.3, -0.25) is 4.79 Å². The molecule has 1 rings (SSSR count). The first-order chi connectivity index (χ1) is 6.68. The summed E-state index contributed by atoms with van der Waals surface area (Å²) in [5.41, 5.74) is 0. The summed E-state index contributed by atoms with van der Waals surface area (Å²) < 4.78 is 3.81. The highest BCUT2D eigenvalue weighted by Crippen LogP contribution is 2.04. The largest absolute Gasteiger partial charge is 0.354 e. The molecular formula is C8H14N4OS. The van der Waals surface area contributed by atoms with Crippen molar-refractivity contribution in [1.82, 2.24) is 14.7 Å². The summed E-state index contributed by atoms with van der Waals surface area (Å²) in [6.45, 7) is 5.06. The maximum atomic E-state index is 11.2. The molecule has 5 nitrogen and oxygen atoms in total. The Morgan fingerprint density at radius 1 is 1.64 bits per heavy atom. The lowest BCUT2D eigenvalue weighted by Crippen LogP contribution is -2.32. The SMILES string of the molecule is CC(C)CNC(=O)CNc1ncns1. The Hall–Kier alpha value is -1.17. The molecule has 1 amide bonds. The molecule has 78 valence electrons. The number of amides is 1. The molecule has 6 heteroatoms. The summed E-state index contributed by atoms with van der Waals surface area (Å²) in [4.78, 5) is 15.1. The minimum atomic E-state index is -0.0195. The van der Waals surface area contributed by atoms with Crippen molar-refractivity contribution in [3.8, 4) is 0 Å². The van der Waals surface area contributed by atoms with Crippen molar-refractivity contribution in [3.63, 3.8) is 0 Å². The lowest BCUT2D eigenvalue weighted by atomic mass is 10.2. The Labute approximate surface area is 87.1 Å². The fraction of sp³-hybridized carbons (Fsp3) is 0.625. The molecule has 0 aromatic carbocycles. The van der Waals surface area contributed by atoms with Crippen molar-refractivity contribution in [2.75, 3.05) is 18.4 Å². The Kier molecular flexibility index (Phi) is 4.31. The second-order valence-electron chi connectivity index (χ2n) is 3.30. The van der Waals surface area contributed by atoms with Gasteiger partial charge in [-0.25, -0.2) is 4.98 Å². The summed E-state index contributed by atoms with van der Waals surface area (Å²) in [6.07, 6.45) is 1.46. The van der Waals surface area contributed by atoms with Crippen LogP contribution < -0.4 is 10.6 Å². The highest BCUT2D eigenvalue weighted by Gasteiger charge is 2.02. The maximum Gasteiger partial charge on any atom is 0.239 e. The Morgan fingerprint density at radius 3 is 3.00 bits per heavy atom. The van der Waals surface area contributed by atoms with Crippen LogP contribution in [0.15, 0.2) is 6.33 Å². The number of carbonyl (C=O) groups is 1. The first-order valence-electron chi connectivity index (χ1n) is 4.45. The van der Waals surface area contributed by atoms with Gasteiger partial charge in [0, 0.05) is 18.1 Å². The second-order valence-corrected chi connectivity index (χ2v) is 4.08. The molecule has 0 spiro atoms. The van der Waals surface area contributed by atoms with Crippen LogP contribution in [0.2, 0.25) is 0 Å². The van der Waals surface area contributed by atoms with Gasteiger partial charge >= 0.3 is 0 Å². The molecule has 1 aromatic rings. The van der Waals surface area contributed by atoms with Crippen molar-refractivity contribution < 1.29 is 4.79 Å². The van der Waals surface area contributed by atoms with Gasteiger partial charge in [0.15, 0.2) is 0 Å². The predicted octanol–water partition coefficient (Wildman–Crippen LogP) is 0.722. The number of nitrogens with zero attached hydrogens (tertiary/aromatic N) is 2. The van der Waals surface area contributed by atoms with E-state index in [0.29, 0.717) is 17.6 Å². The molecule has 14 heavy (non-hydrogen) atoms. The van der Waals surface area contributed by atoms with Crippen molar-refractivity contribution in [3.05, 3.63) is 6.33 Å². The number of nitrogens with one attached hydrogen (secondary N) is 2. The molecule has 0 aliphatic carbocycles. The average molecular weight is 214 g/mol. The molecule has 0 aliphatic heterocycles. The highest BCUT2D eigenvalue weighted by atomic mass is 32.1. The van der Waals surface area contributed by atoms with Gasteiger partial charge in [-0.05, 0) is 5.92 Å². The van der Waals surface area contributed by atoms with Crippen LogP contribution >= 0.6 is 11.5 Å². The summed E-state index contributed by atoms with van der Waals surface area (Å²) in [5.74, 6) is 0.453. The second kappa shape index (κ2) is 5.54. The molecule has 0 bridgehead atoms. The minimum absolute atomic E-state index is 0.0195. The molecule has 1 heterocycles. The van der Waals surface area contributed by atoms with Gasteiger partial charge < -0.3 is 10.6 Å². The smallest absolute Gasteiger partial charge is 0.239 e. The Morgan fingerprint density at radius 2 is 2.43 bits per heavy atom. The van der Waals surface area contributed by atoms with Crippen molar-refractivity contribution in [1.29, 1.82) is 0 Å². The molecule has 1 aromatic heterocycles. The third-order valence-electron chi connectivity index (χ3n) is 1.47. The maximum absolute atomic E-state index is 11.2. The molecule has 2 N–H and O–H groups in total. The number of hydrogen-bond donors (Lipinski definition) is 2. The van der Waals surface area contributed by atoms with E-state index in [1.807, 2.05) is 0 Å². The van der Waals surface area contributed by atoms with E-state index in [-0.39, 0.29) is 12.5 Å². The standard InChI is InChI=1S/C8H14N4OS/c1-6(2)3-9-7(13)4-10-8-11-5-12-14-8/h5-6H,3-4H2,1-2H3,(H,9,13)(H,10,11,12). The van der Waals surface area contributed by atoms with Gasteiger partial charge in [0.2, 0.25) is 11.0 Å². The van der Waals surface area contributed by atoms with Crippen LogP contribution in [-0.2, 0) is 4.79 Å². The zero-order valence-corrected chi connectivity index (χ0v) is 9.10. The van der Waals surface area contributed by atoms with Gasteiger partial charge in [-0.15, -0.1) is 0 Å². The quantitative estimate of drug-likeness (QED) is 0.758. The van der Waals surface area contributed by atoms with Crippen LogP contribution in [0, 0.1) is 5.92 Å². The molecule has 0 radical (unpaired) electrons. The highest BCUT2D eigenvalue weighted by molar-refractivity contribution is 7.09. The molecule has 0 fully saturated rings. The third-order valence-corrected chi connectivity index (χ3v) is 2.09. The fourth-order valence-electron chi connectivity index (χ4n) is 0.787. The normalized spacial score (nSPS) is 10.2. The number of rotatable bonds is 5. The van der Waals surface area contributed by atoms with E-state index >= 15 is 0 Å². The monoisotopic (exact) mass is 214 g/mol. The van der Waals surface area contributed by atoms with Crippen molar-refractivity contribution in [2.45, 2.75) is 13.8 Å². The Balaban J connectivity index is 2.15. The number of carbonyl (C=O) groups excluding carboxylic acids is 1. The fourth-order valence-corrected chi connectivity index (χ4v) is 1.21. The van der Waals surface area contributed by atoms with E-state index in [4.69, 9.17) is 0 Å². The minimum Gasteiger partial charge on any atom is -0.354 e. The van der Waals surface area contributed by atoms with Crippen LogP contribution in [0.25, 0.3) is 0 Å². The van der Waals surface area contributed by atoms with Crippen LogP contribution in [0.5, 0.6) is 0 Å². The van der Waals surface area contributed by atoms with E-state index in [1.165, 1.54) is 17.9 Å². The van der Waals surface area contributed by atoms with Crippen LogP contribution in [0.3, 0.4) is 0 Å². The number of hydrogen-bond acceptors (Lipinski definition) is 5. The van der Waals surface area contributed by atoms with Gasteiger partial charge in [-0.2, -0.15) is 4.37 Å². The summed E-state index contributed by atoms with van der Waals surface area (Å²) in [7, 11) is 0. The third kappa shape index (κ3) is 4.18. The predicted molar refractivity (Wildman–Crippen MR) is 56.2 cm³/mol. The van der Waals surface area contributed by atoms with E-state index in [1.54, 1.807) is 0 Å². The number of anilines is 1. The zero-order valence-electron chi connectivity index (χ0n) is 8.28. The van der Waals surface area contributed by atoms with Crippen LogP contribution in [-0.4, -0.2) is 28.4 Å². The van der Waals surface area contributed by atoms with Crippen molar-refractivity contribution in [2.24, 2.45) is 5.92 Å². The Bertz CT molecular complexity index is 273. The van der Waals surface area contributed by atoms with E-state index in [9.17, 15) is 4.79 Å². The van der Waals surface area contributed by atoms with Crippen LogP contribution in [0.4, 0.5) is 5.13 Å². The first kappa shape index (κ1) is 10.9. The molecule has 0 saturated heterocycles.